The number of aromatic nitrogens is 6. The molecule has 0 amide bonds. The standard InChI is InChI=1S/C22H26N2O3Si.C17H13NO2.C13H19BrN2OSi.C9H9BO4.C7H5BrN2.CH4/c1-25-17-8-9-21-16(12-17)13-22(27-21)18-6-5-7-20-19(18)14-23-24(20)15-26-10-11-28(2,3)4;1-19-12-5-6-16-11(9-12)10-17(20-16)14-3-2-4-15-13(14)7-8-18-15;1-18(2,3)8-7-17-10-16-13-6-4-5-12(14)11(13)9-15-16;1-13-7-2-3-8-6(4-7)5-9(14-8)10(11)12;8-6-2-1-3-7-5(6)4-9-10-7;/h5-9,12-14H,10-11,15H2,1-4H3;2-7,9-10H,8H2,1H3;4-6,9H,7-8,10H2,1-3H3;2-5,11-12H,1H3;1-4H,(H,9,10);1H4. The van der Waals surface area contributed by atoms with E-state index in [1.165, 1.54) is 11.3 Å². The summed E-state index contributed by atoms with van der Waals surface area (Å²) in [6, 6.07) is 49.3. The number of fused-ring (bicyclic) bond motifs is 7. The van der Waals surface area contributed by atoms with Crippen molar-refractivity contribution in [3.8, 4) is 39.9 Å². The number of halogens is 2. The lowest BCUT2D eigenvalue weighted by atomic mass is 9.88. The first-order valence-electron chi connectivity index (χ1n) is 29.4. The molecule has 0 saturated heterocycles. The molecule has 22 heteroatoms. The molecule has 3 N–H and O–H groups in total. The van der Waals surface area contributed by atoms with Gasteiger partial charge in [-0.1, -0.05) is 121 Å². The first-order chi connectivity index (χ1) is 43.3. The molecule has 7 heterocycles. The van der Waals surface area contributed by atoms with Crippen molar-refractivity contribution >= 4 is 132 Å². The van der Waals surface area contributed by atoms with Gasteiger partial charge >= 0.3 is 7.12 Å². The van der Waals surface area contributed by atoms with Crippen LogP contribution in [0.15, 0.2) is 191 Å². The van der Waals surface area contributed by atoms with Crippen LogP contribution in [0.1, 0.15) is 7.43 Å². The highest BCUT2D eigenvalue weighted by Gasteiger charge is 2.19. The third-order valence-electron chi connectivity index (χ3n) is 14.8. The zero-order chi connectivity index (χ0) is 63.5. The number of H-pyrrole nitrogens is 1. The predicted octanol–water partition coefficient (Wildman–Crippen LogP) is 15.5. The number of rotatable bonds is 16. The van der Waals surface area contributed by atoms with Crippen molar-refractivity contribution in [1.82, 2.24) is 29.8 Å². The van der Waals surface area contributed by atoms with Gasteiger partial charge in [-0.3, -0.25) is 10.1 Å². The Kier molecular flexibility index (Phi) is 22.5. The number of hydrogen-bond donors (Lipinski definition) is 3. The molecule has 0 atom stereocenters. The molecule has 0 saturated carbocycles. The average molecular weight is 1390 g/mol. The Bertz CT molecular complexity index is 4700. The Balaban J connectivity index is 0.000000139. The summed E-state index contributed by atoms with van der Waals surface area (Å²) in [4.78, 5) is 4.45. The Labute approximate surface area is 547 Å². The molecule has 0 bridgehead atoms. The average Bonchev–Trinajstić information content (AvgIpc) is 1.77. The Morgan fingerprint density at radius 2 is 1.03 bits per heavy atom. The third kappa shape index (κ3) is 17.1. The summed E-state index contributed by atoms with van der Waals surface area (Å²) in [5.74, 6) is 4.06. The topological polar surface area (TPSA) is 203 Å². The fraction of sp³-hybridized carbons (Fsp3) is 0.246. The third-order valence-corrected chi connectivity index (χ3v) is 19.6. The number of hydrogen-bond acceptors (Lipinski definition) is 14. The second kappa shape index (κ2) is 30.4. The summed E-state index contributed by atoms with van der Waals surface area (Å²) in [6.07, 6.45) is 7.71. The van der Waals surface area contributed by atoms with E-state index in [2.05, 4.69) is 139 Å². The monoisotopic (exact) mass is 1390 g/mol. The van der Waals surface area contributed by atoms with E-state index in [1.54, 1.807) is 51.8 Å². The van der Waals surface area contributed by atoms with Crippen molar-refractivity contribution in [2.75, 3.05) is 41.1 Å². The lowest BCUT2D eigenvalue weighted by Gasteiger charge is -2.15. The first kappa shape index (κ1) is 67.3. The highest BCUT2D eigenvalue weighted by Crippen LogP contribution is 2.35. The molecule has 472 valence electrons. The fourth-order valence-corrected chi connectivity index (χ4v) is 12.2. The van der Waals surface area contributed by atoms with Crippen LogP contribution in [-0.4, -0.2) is 104 Å². The van der Waals surface area contributed by atoms with E-state index in [9.17, 15) is 0 Å². The van der Waals surface area contributed by atoms with Gasteiger partial charge in [0.2, 0.25) is 0 Å². The minimum absolute atomic E-state index is 0. The molecule has 7 aromatic carbocycles. The Hall–Kier alpha value is -8.06. The number of aromatic amines is 1. The van der Waals surface area contributed by atoms with Crippen LogP contribution >= 0.6 is 31.9 Å². The van der Waals surface area contributed by atoms with Crippen LogP contribution < -0.4 is 30.4 Å². The van der Waals surface area contributed by atoms with E-state index in [-0.39, 0.29) is 13.1 Å². The minimum atomic E-state index is -1.58. The molecule has 14 rings (SSSR count). The van der Waals surface area contributed by atoms with Crippen LogP contribution in [0, 0.1) is 0 Å². The lowest BCUT2D eigenvalue weighted by molar-refractivity contribution is 0.0816. The van der Waals surface area contributed by atoms with Gasteiger partial charge in [0.1, 0.15) is 64.6 Å². The summed E-state index contributed by atoms with van der Waals surface area (Å²) in [7, 11) is 1.25. The molecular weight excluding hydrogens is 1310 g/mol. The van der Waals surface area contributed by atoms with Gasteiger partial charge in [0.15, 0.2) is 0 Å². The summed E-state index contributed by atoms with van der Waals surface area (Å²) < 4.78 is 50.4. The van der Waals surface area contributed by atoms with Crippen LogP contribution in [0.25, 0.3) is 94.3 Å². The molecule has 17 nitrogen and oxygen atoms in total. The Morgan fingerprint density at radius 1 is 0.549 bits per heavy atom. The van der Waals surface area contributed by atoms with Crippen molar-refractivity contribution in [3.63, 3.8) is 0 Å². The summed E-state index contributed by atoms with van der Waals surface area (Å²) in [5, 5.41) is 41.8. The van der Waals surface area contributed by atoms with Crippen molar-refractivity contribution in [2.24, 2.45) is 4.99 Å². The maximum Gasteiger partial charge on any atom is 0.526 e. The number of ether oxygens (including phenoxy) is 5. The molecule has 0 unspecified atom stereocenters. The number of nitrogens with one attached hydrogen (secondary N) is 1. The lowest BCUT2D eigenvalue weighted by Crippen LogP contribution is -2.27. The molecule has 1 aliphatic rings. The van der Waals surface area contributed by atoms with E-state index >= 15 is 0 Å². The van der Waals surface area contributed by atoms with Gasteiger partial charge in [0.25, 0.3) is 0 Å². The van der Waals surface area contributed by atoms with E-state index in [1.807, 2.05) is 107 Å². The molecule has 0 fully saturated rings. The van der Waals surface area contributed by atoms with Gasteiger partial charge in [-0.05, 0) is 121 Å². The highest BCUT2D eigenvalue weighted by atomic mass is 79.9. The molecule has 91 heavy (non-hydrogen) atoms. The highest BCUT2D eigenvalue weighted by molar-refractivity contribution is 9.11. The van der Waals surface area contributed by atoms with Crippen LogP contribution in [0.2, 0.25) is 51.4 Å². The van der Waals surface area contributed by atoms with Gasteiger partial charge in [-0.25, -0.2) is 9.36 Å². The maximum absolute atomic E-state index is 8.88. The normalized spacial score (nSPS) is 11.7. The van der Waals surface area contributed by atoms with E-state index < -0.39 is 23.3 Å². The van der Waals surface area contributed by atoms with E-state index in [0.29, 0.717) is 24.8 Å². The smallest absolute Gasteiger partial charge is 0.497 e. The van der Waals surface area contributed by atoms with E-state index in [0.717, 1.165) is 134 Å². The van der Waals surface area contributed by atoms with Crippen LogP contribution in [0.3, 0.4) is 0 Å². The van der Waals surface area contributed by atoms with Gasteiger partial charge in [0.05, 0.1) is 68.4 Å². The Morgan fingerprint density at radius 3 is 1.58 bits per heavy atom. The van der Waals surface area contributed by atoms with Crippen molar-refractivity contribution in [1.29, 1.82) is 0 Å². The minimum Gasteiger partial charge on any atom is -0.497 e. The molecule has 0 radical (unpaired) electrons. The van der Waals surface area contributed by atoms with Gasteiger partial charge in [-0.2, -0.15) is 15.3 Å². The maximum atomic E-state index is 8.88. The van der Waals surface area contributed by atoms with Crippen molar-refractivity contribution in [3.05, 3.63) is 184 Å². The van der Waals surface area contributed by atoms with Crippen LogP contribution in [0.4, 0.5) is 0 Å². The molecule has 0 aliphatic carbocycles. The van der Waals surface area contributed by atoms with Gasteiger partial charge in [-0.15, -0.1) is 0 Å². The number of nitrogens with zero attached hydrogens (tertiary/aromatic N) is 6. The zero-order valence-electron chi connectivity index (χ0n) is 51.8. The van der Waals surface area contributed by atoms with E-state index in [4.69, 9.17) is 47.0 Å². The SMILES string of the molecule is Brc1cccc2[nH]ncc12.C.COc1ccc2oc(-c3cccc4c3=CCN=4)cc2c1.COc1ccc2oc(-c3cccc4c3cnn4COCC[Si](C)(C)C)cc2c1.COc1ccc2oc(B(O)O)cc2c1.C[Si](C)(C)CCOCn1ncc2c(Br)cccc21. The van der Waals surface area contributed by atoms with Gasteiger partial charge < -0.3 is 47.0 Å². The van der Waals surface area contributed by atoms with Gasteiger partial charge in [0, 0.05) is 87.0 Å². The number of benzene rings is 7. The van der Waals surface area contributed by atoms with Crippen molar-refractivity contribution in [2.45, 2.75) is 72.3 Å². The summed E-state index contributed by atoms with van der Waals surface area (Å²) >= 11 is 6.95. The first-order valence-corrected chi connectivity index (χ1v) is 38.4. The molecule has 0 spiro atoms. The molecule has 6 aromatic heterocycles. The molecule has 13 aromatic rings. The number of furan rings is 3. The van der Waals surface area contributed by atoms with Crippen LogP contribution in [0.5, 0.6) is 17.2 Å². The largest absolute Gasteiger partial charge is 0.526 e. The second-order valence-corrected chi connectivity index (χ2v) is 36.7. The fourth-order valence-electron chi connectivity index (χ4n) is 9.80. The van der Waals surface area contributed by atoms with Crippen molar-refractivity contribution < 1.29 is 47.0 Å². The van der Waals surface area contributed by atoms with Crippen LogP contribution in [-0.2, 0) is 22.9 Å². The zero-order valence-corrected chi connectivity index (χ0v) is 57.0. The summed E-state index contributed by atoms with van der Waals surface area (Å²) in [5.41, 5.74) is 7.79. The summed E-state index contributed by atoms with van der Waals surface area (Å²) in [6.45, 7) is 17.5. The molecule has 1 aliphatic heterocycles. The molecular formula is C69H76BBr2N7O10Si2. The number of methoxy groups -OCH3 is 3. The predicted molar refractivity (Wildman–Crippen MR) is 379 cm³/mol. The quantitative estimate of drug-likeness (QED) is 0.0610. The second-order valence-electron chi connectivity index (χ2n) is 23.7.